The van der Waals surface area contributed by atoms with Gasteiger partial charge in [-0.25, -0.2) is 4.79 Å². The molecule has 146 valence electrons. The highest BCUT2D eigenvalue weighted by Gasteiger charge is 2.42. The van der Waals surface area contributed by atoms with E-state index in [1.165, 1.54) is 4.57 Å². The minimum absolute atomic E-state index is 0.00359. The fourth-order valence-electron chi connectivity index (χ4n) is 4.36. The van der Waals surface area contributed by atoms with Gasteiger partial charge in [0, 0.05) is 30.2 Å². The van der Waals surface area contributed by atoms with Gasteiger partial charge in [0.15, 0.2) is 5.78 Å². The molecule has 0 saturated heterocycles. The Morgan fingerprint density at radius 2 is 1.82 bits per heavy atom. The lowest BCUT2D eigenvalue weighted by Crippen LogP contribution is -2.41. The predicted octanol–water partition coefficient (Wildman–Crippen LogP) is 2.46. The summed E-state index contributed by atoms with van der Waals surface area (Å²) in [5.74, 6) is -0.0389. The number of fused-ring (bicyclic) bond motifs is 1. The quantitative estimate of drug-likeness (QED) is 0.741. The first-order chi connectivity index (χ1) is 13.2. The number of phenols is 1. The van der Waals surface area contributed by atoms with Gasteiger partial charge in [-0.3, -0.25) is 19.1 Å². The summed E-state index contributed by atoms with van der Waals surface area (Å²) in [6.07, 6.45) is 1.04. The summed E-state index contributed by atoms with van der Waals surface area (Å²) in [5.41, 5.74) is 1.24. The average molecular weight is 381 g/mol. The number of carbonyl (C=O) groups is 1. The molecule has 0 amide bonds. The van der Waals surface area contributed by atoms with Gasteiger partial charge < -0.3 is 10.4 Å². The molecule has 1 aliphatic heterocycles. The maximum Gasteiger partial charge on any atom is 0.329 e. The lowest BCUT2D eigenvalue weighted by atomic mass is 9.69. The number of aromatic amines is 1. The van der Waals surface area contributed by atoms with Gasteiger partial charge in [-0.15, -0.1) is 0 Å². The molecule has 2 aromatic rings. The zero-order valence-electron chi connectivity index (χ0n) is 16.1. The van der Waals surface area contributed by atoms with Crippen molar-refractivity contribution in [2.75, 3.05) is 5.32 Å². The van der Waals surface area contributed by atoms with Crippen LogP contribution in [0.15, 0.2) is 45.1 Å². The van der Waals surface area contributed by atoms with Crippen molar-refractivity contribution in [3.63, 3.8) is 0 Å². The van der Waals surface area contributed by atoms with Crippen LogP contribution in [0.5, 0.6) is 5.75 Å². The Morgan fingerprint density at radius 1 is 1.14 bits per heavy atom. The second kappa shape index (κ2) is 6.22. The van der Waals surface area contributed by atoms with E-state index in [1.54, 1.807) is 24.3 Å². The van der Waals surface area contributed by atoms with Crippen molar-refractivity contribution in [3.8, 4) is 5.75 Å². The molecule has 0 spiro atoms. The van der Waals surface area contributed by atoms with E-state index in [0.717, 1.165) is 11.3 Å². The first-order valence-corrected chi connectivity index (χ1v) is 9.41. The second-order valence-corrected chi connectivity index (χ2v) is 8.25. The van der Waals surface area contributed by atoms with Gasteiger partial charge >= 0.3 is 5.69 Å². The van der Waals surface area contributed by atoms with Gasteiger partial charge in [0.1, 0.15) is 11.6 Å². The molecule has 0 radical (unpaired) electrons. The molecule has 0 saturated carbocycles. The van der Waals surface area contributed by atoms with Crippen LogP contribution >= 0.6 is 0 Å². The Balaban J connectivity index is 2.05. The number of anilines is 1. The Labute approximate surface area is 161 Å². The van der Waals surface area contributed by atoms with Gasteiger partial charge in [-0.2, -0.15) is 0 Å². The van der Waals surface area contributed by atoms with Crippen LogP contribution in [0.25, 0.3) is 0 Å². The standard InChI is InChI=1S/C21H23N3O4/c1-4-24-18-17(19(27)23-20(24)28)15(11-5-7-12(25)8-6-11)16-13(22-18)9-21(2,3)10-14(16)26/h5-8,15,22,25H,4,9-10H2,1-3H3,(H,23,27,28)/t15-/m1/s1. The van der Waals surface area contributed by atoms with Crippen LogP contribution in [0.3, 0.4) is 0 Å². The van der Waals surface area contributed by atoms with Gasteiger partial charge in [0.05, 0.1) is 5.56 Å². The Bertz CT molecular complexity index is 1120. The third kappa shape index (κ3) is 2.78. The number of rotatable bonds is 2. The molecule has 1 aliphatic carbocycles. The molecule has 7 heteroatoms. The first kappa shape index (κ1) is 18.3. The Hall–Kier alpha value is -3.09. The third-order valence-electron chi connectivity index (χ3n) is 5.54. The highest BCUT2D eigenvalue weighted by molar-refractivity contribution is 6.01. The number of carbonyl (C=O) groups excluding carboxylic acids is 1. The SMILES string of the molecule is CCn1c2c(c(=O)[nH]c1=O)[C@H](c1ccc(O)cc1)C1=C(CC(C)(C)CC1=O)N2. The van der Waals surface area contributed by atoms with Crippen LogP contribution < -0.4 is 16.6 Å². The number of aromatic hydroxyl groups is 1. The fourth-order valence-corrected chi connectivity index (χ4v) is 4.36. The monoisotopic (exact) mass is 381 g/mol. The van der Waals surface area contributed by atoms with E-state index in [2.05, 4.69) is 10.3 Å². The van der Waals surface area contributed by atoms with Crippen LogP contribution in [0.2, 0.25) is 0 Å². The summed E-state index contributed by atoms with van der Waals surface area (Å²) in [7, 11) is 0. The Kier molecular flexibility index (Phi) is 4.06. The van der Waals surface area contributed by atoms with Crippen molar-refractivity contribution in [1.82, 2.24) is 9.55 Å². The lowest BCUT2D eigenvalue weighted by molar-refractivity contribution is -0.118. The van der Waals surface area contributed by atoms with Gasteiger partial charge in [-0.1, -0.05) is 26.0 Å². The largest absolute Gasteiger partial charge is 0.508 e. The number of Topliss-reactive ketones (excluding diaryl/α,β-unsaturated/α-hetero) is 1. The molecule has 2 heterocycles. The summed E-state index contributed by atoms with van der Waals surface area (Å²) in [6.45, 7) is 6.28. The van der Waals surface area contributed by atoms with Crippen molar-refractivity contribution in [2.24, 2.45) is 5.41 Å². The number of H-pyrrole nitrogens is 1. The summed E-state index contributed by atoms with van der Waals surface area (Å²) >= 11 is 0. The van der Waals surface area contributed by atoms with E-state index in [1.807, 2.05) is 20.8 Å². The molecule has 4 rings (SSSR count). The topological polar surface area (TPSA) is 104 Å². The third-order valence-corrected chi connectivity index (χ3v) is 5.54. The predicted molar refractivity (Wildman–Crippen MR) is 106 cm³/mol. The molecular formula is C21H23N3O4. The lowest BCUT2D eigenvalue weighted by Gasteiger charge is -2.39. The maximum absolute atomic E-state index is 13.1. The molecule has 1 aromatic heterocycles. The van der Waals surface area contributed by atoms with E-state index < -0.39 is 17.2 Å². The highest BCUT2D eigenvalue weighted by atomic mass is 16.3. The molecule has 0 unspecified atom stereocenters. The molecule has 28 heavy (non-hydrogen) atoms. The number of allylic oxidation sites excluding steroid dienone is 2. The first-order valence-electron chi connectivity index (χ1n) is 9.41. The van der Waals surface area contributed by atoms with Gasteiger partial charge in [0.25, 0.3) is 5.56 Å². The van der Waals surface area contributed by atoms with Crippen LogP contribution in [0.4, 0.5) is 5.82 Å². The van der Waals surface area contributed by atoms with E-state index >= 15 is 0 Å². The van der Waals surface area contributed by atoms with Crippen molar-refractivity contribution in [1.29, 1.82) is 0 Å². The van der Waals surface area contributed by atoms with E-state index in [4.69, 9.17) is 0 Å². The average Bonchev–Trinajstić information content (AvgIpc) is 2.60. The molecule has 0 fully saturated rings. The van der Waals surface area contributed by atoms with Gasteiger partial charge in [0.2, 0.25) is 0 Å². The highest BCUT2D eigenvalue weighted by Crippen LogP contribution is 2.47. The molecule has 1 aromatic carbocycles. The summed E-state index contributed by atoms with van der Waals surface area (Å²) in [5, 5.41) is 12.9. The van der Waals surface area contributed by atoms with E-state index in [-0.39, 0.29) is 16.9 Å². The number of phenolic OH excluding ortho intramolecular Hbond substituents is 1. The number of benzene rings is 1. The second-order valence-electron chi connectivity index (χ2n) is 8.25. The minimum Gasteiger partial charge on any atom is -0.508 e. The van der Waals surface area contributed by atoms with E-state index in [9.17, 15) is 19.5 Å². The number of nitrogens with zero attached hydrogens (tertiary/aromatic N) is 1. The number of nitrogens with one attached hydrogen (secondary N) is 2. The van der Waals surface area contributed by atoms with Crippen LogP contribution in [-0.4, -0.2) is 20.4 Å². The zero-order chi connectivity index (χ0) is 20.2. The molecule has 0 bridgehead atoms. The van der Waals surface area contributed by atoms with Crippen LogP contribution in [-0.2, 0) is 11.3 Å². The van der Waals surface area contributed by atoms with Crippen LogP contribution in [0, 0.1) is 5.41 Å². The molecule has 1 atom stereocenters. The number of hydrogen-bond donors (Lipinski definition) is 3. The maximum atomic E-state index is 13.1. The number of aromatic nitrogens is 2. The molecule has 3 N–H and O–H groups in total. The summed E-state index contributed by atoms with van der Waals surface area (Å²) in [6, 6.07) is 6.51. The van der Waals surface area contributed by atoms with E-state index in [0.29, 0.717) is 36.3 Å². The molecule has 7 nitrogen and oxygen atoms in total. The van der Waals surface area contributed by atoms with Gasteiger partial charge in [-0.05, 0) is 36.5 Å². The smallest absolute Gasteiger partial charge is 0.329 e. The van der Waals surface area contributed by atoms with Crippen LogP contribution in [0.1, 0.15) is 50.7 Å². The molecule has 2 aliphatic rings. The molecular weight excluding hydrogens is 358 g/mol. The number of hydrogen-bond acceptors (Lipinski definition) is 5. The summed E-state index contributed by atoms with van der Waals surface area (Å²) < 4.78 is 1.49. The normalized spacial score (nSPS) is 20.4. The minimum atomic E-state index is -0.586. The van der Waals surface area contributed by atoms with Crippen molar-refractivity contribution < 1.29 is 9.90 Å². The van der Waals surface area contributed by atoms with Crippen molar-refractivity contribution >= 4 is 11.6 Å². The fraction of sp³-hybridized carbons (Fsp3) is 0.381. The zero-order valence-corrected chi connectivity index (χ0v) is 16.1. The Morgan fingerprint density at radius 3 is 2.46 bits per heavy atom. The van der Waals surface area contributed by atoms with Crippen molar-refractivity contribution in [2.45, 2.75) is 46.1 Å². The van der Waals surface area contributed by atoms with Crippen molar-refractivity contribution in [3.05, 3.63) is 67.5 Å². The summed E-state index contributed by atoms with van der Waals surface area (Å²) in [4.78, 5) is 40.6. The number of ketones is 1.